The van der Waals surface area contributed by atoms with Crippen LogP contribution in [0.5, 0.6) is 0 Å². The molecule has 2 N–H and O–H groups in total. The van der Waals surface area contributed by atoms with Gasteiger partial charge in [0.1, 0.15) is 0 Å². The molecule has 4 nitrogen and oxygen atoms in total. The molecule has 3 atom stereocenters. The third-order valence-electron chi connectivity index (χ3n) is 3.93. The fourth-order valence-corrected chi connectivity index (χ4v) is 1.82. The molecule has 4 heteroatoms. The first-order valence-electron chi connectivity index (χ1n) is 6.51. The first kappa shape index (κ1) is 14.5. The molecule has 0 aromatic heterocycles. The standard InChI is InChI=1S/C13H26N2O2/c1-9(2)10(3)15-12(16)8-14-13(5)6-7-17-11(13)4/h9-11,14H,6-8H2,1-5H3,(H,15,16). The zero-order valence-electron chi connectivity index (χ0n) is 11.7. The Bertz CT molecular complexity index is 268. The van der Waals surface area contributed by atoms with E-state index >= 15 is 0 Å². The van der Waals surface area contributed by atoms with Gasteiger partial charge in [-0.15, -0.1) is 0 Å². The lowest BCUT2D eigenvalue weighted by Gasteiger charge is -2.29. The van der Waals surface area contributed by atoms with Crippen molar-refractivity contribution in [3.8, 4) is 0 Å². The highest BCUT2D eigenvalue weighted by Gasteiger charge is 2.36. The molecule has 17 heavy (non-hydrogen) atoms. The van der Waals surface area contributed by atoms with Gasteiger partial charge in [-0.2, -0.15) is 0 Å². The van der Waals surface area contributed by atoms with Crippen LogP contribution in [0.15, 0.2) is 0 Å². The molecule has 1 aliphatic rings. The third-order valence-corrected chi connectivity index (χ3v) is 3.93. The van der Waals surface area contributed by atoms with E-state index in [0.717, 1.165) is 13.0 Å². The molecule has 0 radical (unpaired) electrons. The highest BCUT2D eigenvalue weighted by atomic mass is 16.5. The summed E-state index contributed by atoms with van der Waals surface area (Å²) in [5, 5.41) is 6.31. The Morgan fingerprint density at radius 3 is 2.59 bits per heavy atom. The summed E-state index contributed by atoms with van der Waals surface area (Å²) in [4.78, 5) is 11.7. The van der Waals surface area contributed by atoms with Gasteiger partial charge in [-0.3, -0.25) is 4.79 Å². The maximum Gasteiger partial charge on any atom is 0.234 e. The van der Waals surface area contributed by atoms with Crippen LogP contribution in [0.1, 0.15) is 41.0 Å². The number of hydrogen-bond acceptors (Lipinski definition) is 3. The molecular formula is C13H26N2O2. The quantitative estimate of drug-likeness (QED) is 0.764. The number of amides is 1. The van der Waals surface area contributed by atoms with Gasteiger partial charge in [-0.1, -0.05) is 13.8 Å². The Hall–Kier alpha value is -0.610. The number of carbonyl (C=O) groups excluding carboxylic acids is 1. The van der Waals surface area contributed by atoms with E-state index < -0.39 is 0 Å². The number of carbonyl (C=O) groups is 1. The van der Waals surface area contributed by atoms with Crippen molar-refractivity contribution >= 4 is 5.91 Å². The lowest BCUT2D eigenvalue weighted by molar-refractivity contribution is -0.121. The van der Waals surface area contributed by atoms with E-state index in [2.05, 4.69) is 38.3 Å². The molecule has 0 aliphatic carbocycles. The maximum absolute atomic E-state index is 11.7. The summed E-state index contributed by atoms with van der Waals surface area (Å²) in [6.45, 7) is 11.5. The molecule has 100 valence electrons. The lowest BCUT2D eigenvalue weighted by atomic mass is 9.95. The summed E-state index contributed by atoms with van der Waals surface area (Å²) >= 11 is 0. The van der Waals surface area contributed by atoms with Gasteiger partial charge < -0.3 is 15.4 Å². The third kappa shape index (κ3) is 3.96. The Labute approximate surface area is 104 Å². The Balaban J connectivity index is 2.33. The summed E-state index contributed by atoms with van der Waals surface area (Å²) in [7, 11) is 0. The van der Waals surface area contributed by atoms with Gasteiger partial charge in [0, 0.05) is 18.2 Å². The van der Waals surface area contributed by atoms with Crippen molar-refractivity contribution in [3.63, 3.8) is 0 Å². The predicted molar refractivity (Wildman–Crippen MR) is 68.9 cm³/mol. The minimum Gasteiger partial charge on any atom is -0.377 e. The second-order valence-electron chi connectivity index (χ2n) is 5.63. The number of rotatable bonds is 5. The zero-order chi connectivity index (χ0) is 13.1. The molecule has 1 saturated heterocycles. The van der Waals surface area contributed by atoms with Crippen LogP contribution in [0, 0.1) is 5.92 Å². The fourth-order valence-electron chi connectivity index (χ4n) is 1.82. The van der Waals surface area contributed by atoms with Crippen LogP contribution in [-0.2, 0) is 9.53 Å². The van der Waals surface area contributed by atoms with Crippen molar-refractivity contribution in [2.24, 2.45) is 5.92 Å². The van der Waals surface area contributed by atoms with Crippen molar-refractivity contribution in [2.45, 2.75) is 58.7 Å². The zero-order valence-corrected chi connectivity index (χ0v) is 11.7. The molecule has 0 bridgehead atoms. The number of hydrogen-bond donors (Lipinski definition) is 2. The Morgan fingerprint density at radius 2 is 2.12 bits per heavy atom. The van der Waals surface area contributed by atoms with Gasteiger partial charge >= 0.3 is 0 Å². The van der Waals surface area contributed by atoms with Crippen LogP contribution in [0.4, 0.5) is 0 Å². The van der Waals surface area contributed by atoms with Crippen LogP contribution < -0.4 is 10.6 Å². The van der Waals surface area contributed by atoms with Gasteiger partial charge in [0.15, 0.2) is 0 Å². The predicted octanol–water partition coefficient (Wildman–Crippen LogP) is 1.30. The van der Waals surface area contributed by atoms with E-state index in [9.17, 15) is 4.79 Å². The van der Waals surface area contributed by atoms with E-state index in [4.69, 9.17) is 4.74 Å². The van der Waals surface area contributed by atoms with Crippen molar-refractivity contribution < 1.29 is 9.53 Å². The minimum absolute atomic E-state index is 0.0616. The molecule has 1 heterocycles. The first-order valence-corrected chi connectivity index (χ1v) is 6.51. The van der Waals surface area contributed by atoms with Crippen molar-refractivity contribution in [2.75, 3.05) is 13.2 Å². The van der Waals surface area contributed by atoms with Gasteiger partial charge in [-0.25, -0.2) is 0 Å². The van der Waals surface area contributed by atoms with E-state index in [1.54, 1.807) is 0 Å². The summed E-state index contributed by atoms with van der Waals surface area (Å²) in [5.74, 6) is 0.523. The van der Waals surface area contributed by atoms with E-state index in [0.29, 0.717) is 12.5 Å². The second-order valence-corrected chi connectivity index (χ2v) is 5.63. The van der Waals surface area contributed by atoms with Crippen molar-refractivity contribution in [3.05, 3.63) is 0 Å². The summed E-state index contributed by atoms with van der Waals surface area (Å²) in [5.41, 5.74) is -0.0710. The SMILES string of the molecule is CC(C)C(C)NC(=O)CNC1(C)CCOC1C. The molecule has 0 aromatic rings. The van der Waals surface area contributed by atoms with E-state index in [1.807, 2.05) is 6.92 Å². The summed E-state index contributed by atoms with van der Waals surface area (Å²) in [6.07, 6.45) is 1.12. The monoisotopic (exact) mass is 242 g/mol. The van der Waals surface area contributed by atoms with Gasteiger partial charge in [-0.05, 0) is 33.1 Å². The van der Waals surface area contributed by atoms with Crippen LogP contribution in [0.3, 0.4) is 0 Å². The molecule has 1 aliphatic heterocycles. The number of nitrogens with one attached hydrogen (secondary N) is 2. The molecule has 1 amide bonds. The van der Waals surface area contributed by atoms with Crippen molar-refractivity contribution in [1.29, 1.82) is 0 Å². The van der Waals surface area contributed by atoms with Crippen LogP contribution in [-0.4, -0.2) is 36.7 Å². The highest BCUT2D eigenvalue weighted by molar-refractivity contribution is 5.78. The molecule has 0 aromatic carbocycles. The van der Waals surface area contributed by atoms with Gasteiger partial charge in [0.2, 0.25) is 5.91 Å². The van der Waals surface area contributed by atoms with Crippen molar-refractivity contribution in [1.82, 2.24) is 10.6 Å². The minimum atomic E-state index is -0.0710. The van der Waals surface area contributed by atoms with E-state index in [1.165, 1.54) is 0 Å². The Kier molecular flexibility index (Phi) is 4.95. The average molecular weight is 242 g/mol. The molecule has 1 rings (SSSR count). The van der Waals surface area contributed by atoms with Crippen LogP contribution >= 0.6 is 0 Å². The molecular weight excluding hydrogens is 216 g/mol. The molecule has 0 spiro atoms. The van der Waals surface area contributed by atoms with Crippen LogP contribution in [0.2, 0.25) is 0 Å². The molecule has 0 saturated carbocycles. The van der Waals surface area contributed by atoms with Gasteiger partial charge in [0.25, 0.3) is 0 Å². The first-order chi connectivity index (χ1) is 7.85. The maximum atomic E-state index is 11.7. The lowest BCUT2D eigenvalue weighted by Crippen LogP contribution is -2.52. The highest BCUT2D eigenvalue weighted by Crippen LogP contribution is 2.24. The van der Waals surface area contributed by atoms with Crippen LogP contribution in [0.25, 0.3) is 0 Å². The van der Waals surface area contributed by atoms with E-state index in [-0.39, 0.29) is 23.6 Å². The fraction of sp³-hybridized carbons (Fsp3) is 0.923. The smallest absolute Gasteiger partial charge is 0.234 e. The molecule has 3 unspecified atom stereocenters. The summed E-state index contributed by atoms with van der Waals surface area (Å²) < 4.78 is 5.53. The summed E-state index contributed by atoms with van der Waals surface area (Å²) in [6, 6.07) is 0.217. The largest absolute Gasteiger partial charge is 0.377 e. The molecule has 1 fully saturated rings. The average Bonchev–Trinajstić information content (AvgIpc) is 2.57. The normalized spacial score (nSPS) is 30.6. The topological polar surface area (TPSA) is 50.4 Å². The Morgan fingerprint density at radius 1 is 1.47 bits per heavy atom. The van der Waals surface area contributed by atoms with Gasteiger partial charge in [0.05, 0.1) is 12.6 Å². The number of ether oxygens (including phenoxy) is 1. The second kappa shape index (κ2) is 5.83.